The molecule has 0 saturated heterocycles. The van der Waals surface area contributed by atoms with Gasteiger partial charge < -0.3 is 9.47 Å². The predicted octanol–water partition coefficient (Wildman–Crippen LogP) is 1.49. The molecule has 0 radical (unpaired) electrons. The first-order valence-corrected chi connectivity index (χ1v) is 7.13. The molecule has 0 bridgehead atoms. The van der Waals surface area contributed by atoms with E-state index in [1.165, 1.54) is 0 Å². The monoisotopic (exact) mass is 172 g/mol. The summed E-state index contributed by atoms with van der Waals surface area (Å²) in [5.74, 6) is 2.97. The topological polar surface area (TPSA) is 18.5 Å². The highest BCUT2D eigenvalue weighted by Gasteiger charge is 2.06. The Bertz CT molecular complexity index is 150. The third kappa shape index (κ3) is 9.70. The van der Waals surface area contributed by atoms with Crippen molar-refractivity contribution in [3.05, 3.63) is 0 Å². The molecule has 0 saturated carbocycles. The second kappa shape index (κ2) is 5.36. The lowest BCUT2D eigenvalue weighted by atomic mass is 10.8. The molecule has 0 aromatic heterocycles. The van der Waals surface area contributed by atoms with Gasteiger partial charge in [-0.25, -0.2) is 0 Å². The van der Waals surface area contributed by atoms with Crippen LogP contribution in [0, 0.1) is 11.5 Å². The molecule has 0 rings (SSSR count). The van der Waals surface area contributed by atoms with Gasteiger partial charge in [-0.05, 0) is 0 Å². The molecule has 0 aliphatic rings. The van der Waals surface area contributed by atoms with Crippen LogP contribution in [0.2, 0.25) is 19.6 Å². The van der Waals surface area contributed by atoms with Gasteiger partial charge in [-0.3, -0.25) is 0 Å². The van der Waals surface area contributed by atoms with E-state index in [0.717, 1.165) is 0 Å². The second-order valence-electron chi connectivity index (χ2n) is 3.31. The number of hydrogen-bond donors (Lipinski definition) is 0. The van der Waals surface area contributed by atoms with E-state index in [4.69, 9.17) is 9.47 Å². The molecular weight excluding hydrogens is 156 g/mol. The van der Waals surface area contributed by atoms with Crippen LogP contribution in [0.1, 0.15) is 0 Å². The van der Waals surface area contributed by atoms with Crippen molar-refractivity contribution in [3.8, 4) is 11.5 Å². The van der Waals surface area contributed by atoms with E-state index in [1.54, 1.807) is 7.11 Å². The van der Waals surface area contributed by atoms with Crippen molar-refractivity contribution < 1.29 is 9.47 Å². The molecule has 11 heavy (non-hydrogen) atoms. The maximum absolute atomic E-state index is 5.00. The lowest BCUT2D eigenvalue weighted by molar-refractivity contribution is -0.0166. The zero-order valence-corrected chi connectivity index (χ0v) is 8.73. The maximum Gasteiger partial charge on any atom is 0.147 e. The summed E-state index contributed by atoms with van der Waals surface area (Å²) < 4.78 is 9.70. The zero-order chi connectivity index (χ0) is 8.74. The van der Waals surface area contributed by atoms with Crippen LogP contribution < -0.4 is 0 Å². The Kier molecular flexibility index (Phi) is 5.21. The molecule has 0 amide bonds. The van der Waals surface area contributed by atoms with Crippen molar-refractivity contribution in [3.63, 3.8) is 0 Å². The molecule has 0 atom stereocenters. The Balaban J connectivity index is 3.41. The van der Waals surface area contributed by atoms with Crippen molar-refractivity contribution in [2.24, 2.45) is 0 Å². The first-order chi connectivity index (χ1) is 5.06. The molecule has 0 aromatic carbocycles. The fourth-order valence-corrected chi connectivity index (χ4v) is 1.08. The highest BCUT2D eigenvalue weighted by molar-refractivity contribution is 6.83. The van der Waals surface area contributed by atoms with Crippen LogP contribution in [-0.4, -0.2) is 28.6 Å². The molecule has 2 nitrogen and oxygen atoms in total. The smallest absolute Gasteiger partial charge is 0.147 e. The van der Waals surface area contributed by atoms with E-state index in [-0.39, 0.29) is 0 Å². The molecule has 0 N–H and O–H groups in total. The SMILES string of the molecule is COCOCC#C[Si](C)(C)C. The minimum atomic E-state index is -1.20. The van der Waals surface area contributed by atoms with Crippen molar-refractivity contribution in [1.29, 1.82) is 0 Å². The third-order valence-electron chi connectivity index (χ3n) is 0.839. The highest BCUT2D eigenvalue weighted by atomic mass is 28.3. The molecule has 0 heterocycles. The van der Waals surface area contributed by atoms with Crippen molar-refractivity contribution in [1.82, 2.24) is 0 Å². The van der Waals surface area contributed by atoms with Crippen LogP contribution in [0.15, 0.2) is 0 Å². The zero-order valence-electron chi connectivity index (χ0n) is 7.73. The summed E-state index contributed by atoms with van der Waals surface area (Å²) in [5, 5.41) is 0. The quantitative estimate of drug-likeness (QED) is 0.278. The molecular formula is C8H16O2Si. The first kappa shape index (κ1) is 10.7. The summed E-state index contributed by atoms with van der Waals surface area (Å²) in [6, 6.07) is 0. The van der Waals surface area contributed by atoms with Gasteiger partial charge in [0.15, 0.2) is 0 Å². The van der Waals surface area contributed by atoms with Gasteiger partial charge in [0.25, 0.3) is 0 Å². The number of ether oxygens (including phenoxy) is 2. The predicted molar refractivity (Wildman–Crippen MR) is 49.0 cm³/mol. The molecule has 0 aliphatic heterocycles. The fourth-order valence-electron chi connectivity index (χ4n) is 0.477. The van der Waals surface area contributed by atoms with E-state index in [0.29, 0.717) is 13.4 Å². The van der Waals surface area contributed by atoms with Crippen LogP contribution in [0.3, 0.4) is 0 Å². The summed E-state index contributed by atoms with van der Waals surface area (Å²) in [4.78, 5) is 0. The van der Waals surface area contributed by atoms with E-state index >= 15 is 0 Å². The largest absolute Gasteiger partial charge is 0.359 e. The Labute approximate surface area is 69.9 Å². The fraction of sp³-hybridized carbons (Fsp3) is 0.750. The average molecular weight is 172 g/mol. The summed E-state index contributed by atoms with van der Waals surface area (Å²) in [6.07, 6.45) is 0. The Morgan fingerprint density at radius 2 is 1.91 bits per heavy atom. The van der Waals surface area contributed by atoms with Gasteiger partial charge in [-0.2, -0.15) is 0 Å². The lowest BCUT2D eigenvalue weighted by Gasteiger charge is -2.03. The van der Waals surface area contributed by atoms with Gasteiger partial charge in [-0.1, -0.05) is 25.6 Å². The van der Waals surface area contributed by atoms with Gasteiger partial charge in [0.05, 0.1) is 0 Å². The number of hydrogen-bond acceptors (Lipinski definition) is 2. The van der Waals surface area contributed by atoms with E-state index in [9.17, 15) is 0 Å². The maximum atomic E-state index is 5.00. The van der Waals surface area contributed by atoms with Crippen molar-refractivity contribution in [2.75, 3.05) is 20.5 Å². The van der Waals surface area contributed by atoms with Crippen LogP contribution >= 0.6 is 0 Å². The molecule has 64 valence electrons. The molecule has 0 spiro atoms. The van der Waals surface area contributed by atoms with Gasteiger partial charge >= 0.3 is 0 Å². The van der Waals surface area contributed by atoms with E-state index < -0.39 is 8.07 Å². The molecule has 0 aromatic rings. The molecule has 0 fully saturated rings. The number of methoxy groups -OCH3 is 1. The minimum Gasteiger partial charge on any atom is -0.359 e. The Hall–Kier alpha value is -0.303. The van der Waals surface area contributed by atoms with Crippen LogP contribution in [0.4, 0.5) is 0 Å². The van der Waals surface area contributed by atoms with Gasteiger partial charge in [0.1, 0.15) is 21.5 Å². The Morgan fingerprint density at radius 1 is 1.27 bits per heavy atom. The van der Waals surface area contributed by atoms with Gasteiger partial charge in [-0.15, -0.1) is 5.54 Å². The summed E-state index contributed by atoms with van der Waals surface area (Å²) >= 11 is 0. The minimum absolute atomic E-state index is 0.334. The molecule has 0 unspecified atom stereocenters. The highest BCUT2D eigenvalue weighted by Crippen LogP contribution is 1.95. The first-order valence-electron chi connectivity index (χ1n) is 3.63. The summed E-state index contributed by atoms with van der Waals surface area (Å²) in [5.41, 5.74) is 3.19. The van der Waals surface area contributed by atoms with Gasteiger partial charge in [0, 0.05) is 7.11 Å². The van der Waals surface area contributed by atoms with Crippen LogP contribution in [0.25, 0.3) is 0 Å². The number of rotatable bonds is 3. The average Bonchev–Trinajstić information content (AvgIpc) is 1.85. The second-order valence-corrected chi connectivity index (χ2v) is 8.06. The van der Waals surface area contributed by atoms with Crippen LogP contribution in [0.5, 0.6) is 0 Å². The molecule has 0 aliphatic carbocycles. The third-order valence-corrected chi connectivity index (χ3v) is 1.77. The normalized spacial score (nSPS) is 10.5. The summed E-state index contributed by atoms with van der Waals surface area (Å²) in [7, 11) is 0.404. The van der Waals surface area contributed by atoms with Crippen LogP contribution in [-0.2, 0) is 9.47 Å². The van der Waals surface area contributed by atoms with Crippen molar-refractivity contribution >= 4 is 8.07 Å². The Morgan fingerprint density at radius 3 is 2.36 bits per heavy atom. The lowest BCUT2D eigenvalue weighted by Crippen LogP contribution is -2.16. The molecule has 3 heteroatoms. The summed E-state index contributed by atoms with van der Waals surface area (Å²) in [6.45, 7) is 7.43. The van der Waals surface area contributed by atoms with E-state index in [1.807, 2.05) is 0 Å². The van der Waals surface area contributed by atoms with E-state index in [2.05, 4.69) is 31.1 Å². The van der Waals surface area contributed by atoms with Gasteiger partial charge in [0.2, 0.25) is 0 Å². The van der Waals surface area contributed by atoms with Crippen molar-refractivity contribution in [2.45, 2.75) is 19.6 Å². The standard InChI is InChI=1S/C8H16O2Si/c1-9-8-10-6-5-7-11(2,3)4/h6,8H2,1-4H3.